The molecule has 1 aromatic heterocycles. The van der Waals surface area contributed by atoms with Crippen LogP contribution in [0.3, 0.4) is 0 Å². The van der Waals surface area contributed by atoms with Gasteiger partial charge in [0, 0.05) is 26.3 Å². The van der Waals surface area contributed by atoms with Crippen molar-refractivity contribution < 1.29 is 9.90 Å². The summed E-state index contributed by atoms with van der Waals surface area (Å²) in [5.41, 5.74) is 0.621. The van der Waals surface area contributed by atoms with Crippen LogP contribution in [0, 0.1) is 11.8 Å². The van der Waals surface area contributed by atoms with Gasteiger partial charge in [-0.15, -0.1) is 0 Å². The highest BCUT2D eigenvalue weighted by Crippen LogP contribution is 2.27. The average molecular weight is 348 g/mol. The summed E-state index contributed by atoms with van der Waals surface area (Å²) in [4.78, 5) is 14.5. The third kappa shape index (κ3) is 5.28. The van der Waals surface area contributed by atoms with Crippen molar-refractivity contribution in [2.24, 2.45) is 18.9 Å². The van der Waals surface area contributed by atoms with Gasteiger partial charge in [0.05, 0.1) is 17.9 Å². The van der Waals surface area contributed by atoms with Gasteiger partial charge in [-0.3, -0.25) is 9.48 Å². The van der Waals surface area contributed by atoms with Crippen LogP contribution in [0.25, 0.3) is 0 Å². The largest absolute Gasteiger partial charge is 0.392 e. The van der Waals surface area contributed by atoms with E-state index in [1.807, 2.05) is 7.05 Å². The number of aryl methyl sites for hydroxylation is 1. The first-order valence-corrected chi connectivity index (χ1v) is 9.79. The molecule has 1 saturated carbocycles. The zero-order valence-electron chi connectivity index (χ0n) is 15.4. The quantitative estimate of drug-likeness (QED) is 0.822. The third-order valence-electron chi connectivity index (χ3n) is 5.86. The summed E-state index contributed by atoms with van der Waals surface area (Å²) in [6, 6.07) is 0. The molecule has 0 unspecified atom stereocenters. The van der Waals surface area contributed by atoms with Gasteiger partial charge in [-0.2, -0.15) is 5.10 Å². The number of carbonyl (C=O) groups excluding carboxylic acids is 1. The predicted molar refractivity (Wildman–Crippen MR) is 97.3 cm³/mol. The van der Waals surface area contributed by atoms with Crippen LogP contribution in [0.4, 0.5) is 0 Å². The molecule has 1 aliphatic heterocycles. The SMILES string of the molecule is Cn1cc(C(=O)NCC2CCN(C[C@@H](O)C3CCCCC3)CC2)cn1. The molecule has 2 N–H and O–H groups in total. The van der Waals surface area contributed by atoms with E-state index in [1.54, 1.807) is 17.1 Å². The number of piperidine rings is 1. The number of β-amino-alcohol motifs (C(OH)–C–C–N with tert-alkyl or cyclic N) is 1. The lowest BCUT2D eigenvalue weighted by atomic mass is 9.85. The number of carbonyl (C=O) groups is 1. The molecule has 2 fully saturated rings. The van der Waals surface area contributed by atoms with Crippen LogP contribution in [0.1, 0.15) is 55.3 Å². The van der Waals surface area contributed by atoms with E-state index in [4.69, 9.17) is 0 Å². The molecule has 1 aliphatic carbocycles. The monoisotopic (exact) mass is 348 g/mol. The number of likely N-dealkylation sites (tertiary alicyclic amines) is 1. The predicted octanol–water partition coefficient (Wildman–Crippen LogP) is 1.80. The Kier molecular flexibility index (Phi) is 6.48. The van der Waals surface area contributed by atoms with E-state index in [-0.39, 0.29) is 12.0 Å². The maximum absolute atomic E-state index is 12.1. The Balaban J connectivity index is 1.35. The molecule has 1 saturated heterocycles. The summed E-state index contributed by atoms with van der Waals surface area (Å²) >= 11 is 0. The van der Waals surface area contributed by atoms with Gasteiger partial charge in [-0.1, -0.05) is 19.3 Å². The molecule has 0 bridgehead atoms. The smallest absolute Gasteiger partial charge is 0.254 e. The fourth-order valence-electron chi connectivity index (χ4n) is 4.18. The van der Waals surface area contributed by atoms with Crippen LogP contribution in [0.5, 0.6) is 0 Å². The standard InChI is InChI=1S/C19H32N4O2/c1-22-13-17(12-21-22)19(25)20-11-15-7-9-23(10-8-15)14-18(24)16-5-3-2-4-6-16/h12-13,15-16,18,24H,2-11,14H2,1H3,(H,20,25)/t18-/m1/s1. The van der Waals surface area contributed by atoms with E-state index >= 15 is 0 Å². The molecule has 2 aliphatic rings. The summed E-state index contributed by atoms with van der Waals surface area (Å²) in [5.74, 6) is 0.997. The summed E-state index contributed by atoms with van der Waals surface area (Å²) in [6.45, 7) is 3.60. The Labute approximate surface area is 150 Å². The number of rotatable bonds is 6. The zero-order valence-corrected chi connectivity index (χ0v) is 15.4. The second-order valence-corrected chi connectivity index (χ2v) is 7.82. The molecular weight excluding hydrogens is 316 g/mol. The Morgan fingerprint density at radius 3 is 2.64 bits per heavy atom. The van der Waals surface area contributed by atoms with Crippen molar-refractivity contribution >= 4 is 5.91 Å². The van der Waals surface area contributed by atoms with E-state index in [9.17, 15) is 9.90 Å². The molecule has 6 heteroatoms. The van der Waals surface area contributed by atoms with Crippen LogP contribution in [0.2, 0.25) is 0 Å². The molecule has 1 amide bonds. The molecule has 0 radical (unpaired) electrons. The van der Waals surface area contributed by atoms with E-state index in [0.717, 1.165) is 39.0 Å². The van der Waals surface area contributed by atoms with Crippen LogP contribution >= 0.6 is 0 Å². The first-order chi connectivity index (χ1) is 12.1. The third-order valence-corrected chi connectivity index (χ3v) is 5.86. The van der Waals surface area contributed by atoms with Crippen LogP contribution < -0.4 is 5.32 Å². The summed E-state index contributed by atoms with van der Waals surface area (Å²) in [5, 5.41) is 17.6. The number of amides is 1. The minimum Gasteiger partial charge on any atom is -0.392 e. The van der Waals surface area contributed by atoms with Crippen LogP contribution in [0.15, 0.2) is 12.4 Å². The van der Waals surface area contributed by atoms with Crippen molar-refractivity contribution in [3.8, 4) is 0 Å². The lowest BCUT2D eigenvalue weighted by Crippen LogP contribution is -2.43. The molecule has 1 atom stereocenters. The first-order valence-electron chi connectivity index (χ1n) is 9.79. The van der Waals surface area contributed by atoms with Crippen molar-refractivity contribution in [3.05, 3.63) is 18.0 Å². The first kappa shape index (κ1) is 18.4. The Morgan fingerprint density at radius 1 is 1.28 bits per heavy atom. The fraction of sp³-hybridized carbons (Fsp3) is 0.789. The molecule has 1 aromatic rings. The molecule has 6 nitrogen and oxygen atoms in total. The Morgan fingerprint density at radius 2 is 2.00 bits per heavy atom. The summed E-state index contributed by atoms with van der Waals surface area (Å²) in [7, 11) is 1.81. The van der Waals surface area contributed by atoms with Gasteiger partial charge in [-0.25, -0.2) is 0 Å². The number of hydrogen-bond donors (Lipinski definition) is 2. The van der Waals surface area contributed by atoms with Crippen LogP contribution in [-0.4, -0.2) is 58.0 Å². The number of aliphatic hydroxyl groups is 1. The lowest BCUT2D eigenvalue weighted by Gasteiger charge is -2.35. The van der Waals surface area contributed by atoms with Gasteiger partial charge in [0.1, 0.15) is 0 Å². The lowest BCUT2D eigenvalue weighted by molar-refractivity contribution is 0.0364. The van der Waals surface area contributed by atoms with Crippen molar-refractivity contribution in [1.82, 2.24) is 20.0 Å². The Hall–Kier alpha value is -1.40. The molecule has 3 rings (SSSR count). The van der Waals surface area contributed by atoms with Gasteiger partial charge >= 0.3 is 0 Å². The molecular formula is C19H32N4O2. The van der Waals surface area contributed by atoms with Crippen molar-refractivity contribution in [1.29, 1.82) is 0 Å². The molecule has 2 heterocycles. The second kappa shape index (κ2) is 8.81. The highest BCUT2D eigenvalue weighted by atomic mass is 16.3. The summed E-state index contributed by atoms with van der Waals surface area (Å²) in [6.07, 6.45) is 11.6. The van der Waals surface area contributed by atoms with E-state index in [0.29, 0.717) is 17.4 Å². The zero-order chi connectivity index (χ0) is 17.6. The molecule has 0 spiro atoms. The van der Waals surface area contributed by atoms with Gasteiger partial charge in [0.25, 0.3) is 5.91 Å². The number of nitrogens with one attached hydrogen (secondary N) is 1. The molecule has 25 heavy (non-hydrogen) atoms. The second-order valence-electron chi connectivity index (χ2n) is 7.82. The fourth-order valence-corrected chi connectivity index (χ4v) is 4.18. The maximum atomic E-state index is 12.1. The van der Waals surface area contributed by atoms with Gasteiger partial charge in [-0.05, 0) is 50.6 Å². The van der Waals surface area contributed by atoms with Crippen molar-refractivity contribution in [2.75, 3.05) is 26.2 Å². The van der Waals surface area contributed by atoms with Crippen molar-refractivity contribution in [2.45, 2.75) is 51.0 Å². The summed E-state index contributed by atoms with van der Waals surface area (Å²) < 4.78 is 1.64. The van der Waals surface area contributed by atoms with Gasteiger partial charge in [0.2, 0.25) is 0 Å². The number of aromatic nitrogens is 2. The normalized spacial score (nSPS) is 22.0. The van der Waals surface area contributed by atoms with E-state index in [1.165, 1.54) is 32.1 Å². The maximum Gasteiger partial charge on any atom is 0.254 e. The number of aliphatic hydroxyl groups excluding tert-OH is 1. The highest BCUT2D eigenvalue weighted by Gasteiger charge is 2.26. The van der Waals surface area contributed by atoms with Crippen LogP contribution in [-0.2, 0) is 7.05 Å². The average Bonchev–Trinajstić information content (AvgIpc) is 3.08. The number of hydrogen-bond acceptors (Lipinski definition) is 4. The van der Waals surface area contributed by atoms with Gasteiger partial charge < -0.3 is 15.3 Å². The van der Waals surface area contributed by atoms with E-state index < -0.39 is 0 Å². The minimum absolute atomic E-state index is 0.0387. The number of nitrogens with zero attached hydrogens (tertiary/aromatic N) is 3. The Bertz CT molecular complexity index is 545. The molecule has 0 aromatic carbocycles. The van der Waals surface area contributed by atoms with Gasteiger partial charge in [0.15, 0.2) is 0 Å². The topological polar surface area (TPSA) is 70.4 Å². The molecule has 140 valence electrons. The highest BCUT2D eigenvalue weighted by molar-refractivity contribution is 5.93. The minimum atomic E-state index is -0.165. The van der Waals surface area contributed by atoms with Crippen molar-refractivity contribution in [3.63, 3.8) is 0 Å². The van der Waals surface area contributed by atoms with E-state index in [2.05, 4.69) is 15.3 Å².